The van der Waals surface area contributed by atoms with Crippen molar-refractivity contribution in [1.82, 2.24) is 0 Å². The first kappa shape index (κ1) is 9.01. The number of methoxy groups -OCH3 is 1. The highest BCUT2D eigenvalue weighted by Gasteiger charge is 2.30. The van der Waals surface area contributed by atoms with Crippen LogP contribution in [0, 0.1) is 11.8 Å². The van der Waals surface area contributed by atoms with Gasteiger partial charge in [-0.05, 0) is 24.7 Å². The predicted molar refractivity (Wildman–Crippen MR) is 44.4 cm³/mol. The summed E-state index contributed by atoms with van der Waals surface area (Å²) in [5, 5.41) is 8.95. The lowest BCUT2D eigenvalue weighted by Gasteiger charge is -2.22. The topological polar surface area (TPSA) is 29.5 Å². The molecule has 0 bridgehead atoms. The lowest BCUT2D eigenvalue weighted by molar-refractivity contribution is 0.0368. The second-order valence-electron chi connectivity index (χ2n) is 3.53. The number of aliphatic hydroxyl groups is 1. The quantitative estimate of drug-likeness (QED) is 0.673. The molecule has 0 radical (unpaired) electrons. The zero-order valence-electron chi connectivity index (χ0n) is 7.42. The van der Waals surface area contributed by atoms with E-state index in [1.807, 2.05) is 0 Å². The Bertz CT molecular complexity index is 114. The van der Waals surface area contributed by atoms with Crippen LogP contribution in [-0.4, -0.2) is 24.9 Å². The number of aliphatic hydroxyl groups excluding tert-OH is 1. The fourth-order valence-corrected chi connectivity index (χ4v) is 2.03. The predicted octanol–water partition coefficient (Wildman–Crippen LogP) is 1.43. The molecule has 0 saturated heterocycles. The van der Waals surface area contributed by atoms with Gasteiger partial charge in [-0.2, -0.15) is 0 Å². The summed E-state index contributed by atoms with van der Waals surface area (Å²) < 4.78 is 5.34. The summed E-state index contributed by atoms with van der Waals surface area (Å²) in [6.45, 7) is 2.40. The zero-order valence-corrected chi connectivity index (χ0v) is 7.42. The molecule has 0 spiro atoms. The van der Waals surface area contributed by atoms with E-state index in [1.54, 1.807) is 7.11 Å². The van der Waals surface area contributed by atoms with Gasteiger partial charge in [-0.3, -0.25) is 0 Å². The highest BCUT2D eigenvalue weighted by Crippen LogP contribution is 2.33. The Balaban J connectivity index is 2.42. The highest BCUT2D eigenvalue weighted by atomic mass is 16.5. The van der Waals surface area contributed by atoms with Crippen molar-refractivity contribution in [2.75, 3.05) is 13.7 Å². The summed E-state index contributed by atoms with van der Waals surface area (Å²) >= 11 is 0. The third-order valence-corrected chi connectivity index (χ3v) is 2.83. The molecular weight excluding hydrogens is 140 g/mol. The van der Waals surface area contributed by atoms with E-state index >= 15 is 0 Å². The third-order valence-electron chi connectivity index (χ3n) is 2.83. The van der Waals surface area contributed by atoms with E-state index in [1.165, 1.54) is 19.3 Å². The van der Waals surface area contributed by atoms with E-state index in [2.05, 4.69) is 6.92 Å². The summed E-state index contributed by atoms with van der Waals surface area (Å²) in [5.41, 5.74) is 0. The smallest absolute Gasteiger partial charge is 0.0602 e. The highest BCUT2D eigenvalue weighted by molar-refractivity contribution is 4.81. The van der Waals surface area contributed by atoms with Crippen molar-refractivity contribution in [3.05, 3.63) is 0 Å². The summed E-state index contributed by atoms with van der Waals surface area (Å²) in [4.78, 5) is 0. The van der Waals surface area contributed by atoms with Crippen molar-refractivity contribution in [2.24, 2.45) is 11.8 Å². The van der Waals surface area contributed by atoms with E-state index in [0.717, 1.165) is 0 Å². The molecular formula is C9H18O2. The van der Waals surface area contributed by atoms with Gasteiger partial charge in [-0.1, -0.05) is 13.3 Å². The van der Waals surface area contributed by atoms with Crippen LogP contribution in [0.25, 0.3) is 0 Å². The second kappa shape index (κ2) is 4.07. The fourth-order valence-electron chi connectivity index (χ4n) is 2.03. The average molecular weight is 158 g/mol. The van der Waals surface area contributed by atoms with Gasteiger partial charge in [-0.15, -0.1) is 0 Å². The van der Waals surface area contributed by atoms with E-state index in [0.29, 0.717) is 24.5 Å². The minimum Gasteiger partial charge on any atom is -0.396 e. The lowest BCUT2D eigenvalue weighted by Crippen LogP contribution is -2.24. The Kier molecular flexibility index (Phi) is 3.34. The largest absolute Gasteiger partial charge is 0.396 e. The van der Waals surface area contributed by atoms with Crippen molar-refractivity contribution in [1.29, 1.82) is 0 Å². The van der Waals surface area contributed by atoms with Gasteiger partial charge in [-0.25, -0.2) is 0 Å². The van der Waals surface area contributed by atoms with Crippen molar-refractivity contribution in [3.8, 4) is 0 Å². The normalized spacial score (nSPS) is 34.1. The molecule has 3 unspecified atom stereocenters. The maximum atomic E-state index is 8.95. The van der Waals surface area contributed by atoms with Gasteiger partial charge in [0.15, 0.2) is 0 Å². The van der Waals surface area contributed by atoms with Crippen LogP contribution in [0.5, 0.6) is 0 Å². The molecule has 0 aromatic rings. The molecule has 3 atom stereocenters. The van der Waals surface area contributed by atoms with E-state index < -0.39 is 0 Å². The maximum absolute atomic E-state index is 8.95. The molecule has 0 aliphatic heterocycles. The molecule has 1 rings (SSSR count). The van der Waals surface area contributed by atoms with Crippen LogP contribution in [-0.2, 0) is 4.74 Å². The van der Waals surface area contributed by atoms with Crippen LogP contribution in [0.4, 0.5) is 0 Å². The Morgan fingerprint density at radius 3 is 2.82 bits per heavy atom. The van der Waals surface area contributed by atoms with Crippen LogP contribution >= 0.6 is 0 Å². The number of hydrogen-bond donors (Lipinski definition) is 1. The second-order valence-corrected chi connectivity index (χ2v) is 3.53. The lowest BCUT2D eigenvalue weighted by atomic mass is 9.91. The first-order valence-corrected chi connectivity index (χ1v) is 4.43. The van der Waals surface area contributed by atoms with Crippen molar-refractivity contribution in [3.63, 3.8) is 0 Å². The Labute approximate surface area is 68.6 Å². The molecule has 66 valence electrons. The molecule has 2 nitrogen and oxygen atoms in total. The minimum absolute atomic E-state index is 0.296. The summed E-state index contributed by atoms with van der Waals surface area (Å²) in [7, 11) is 1.77. The number of ether oxygens (including phenoxy) is 1. The summed E-state index contributed by atoms with van der Waals surface area (Å²) in [5.74, 6) is 0.993. The molecule has 1 aliphatic rings. The SMILES string of the molecule is COC1CCCC1C(C)CO. The van der Waals surface area contributed by atoms with E-state index in [-0.39, 0.29) is 0 Å². The molecule has 11 heavy (non-hydrogen) atoms. The first-order valence-electron chi connectivity index (χ1n) is 4.43. The van der Waals surface area contributed by atoms with Gasteiger partial charge in [0, 0.05) is 13.7 Å². The van der Waals surface area contributed by atoms with Crippen LogP contribution in [0.3, 0.4) is 0 Å². The van der Waals surface area contributed by atoms with Crippen LogP contribution < -0.4 is 0 Å². The maximum Gasteiger partial charge on any atom is 0.0602 e. The molecule has 1 fully saturated rings. The summed E-state index contributed by atoms with van der Waals surface area (Å²) in [6, 6.07) is 0. The van der Waals surface area contributed by atoms with Crippen LogP contribution in [0.1, 0.15) is 26.2 Å². The Hall–Kier alpha value is -0.0800. The third kappa shape index (κ3) is 1.94. The van der Waals surface area contributed by atoms with Crippen molar-refractivity contribution >= 4 is 0 Å². The molecule has 0 aromatic heterocycles. The molecule has 0 heterocycles. The van der Waals surface area contributed by atoms with Gasteiger partial charge >= 0.3 is 0 Å². The minimum atomic E-state index is 0.296. The van der Waals surface area contributed by atoms with Gasteiger partial charge in [0.25, 0.3) is 0 Å². The Morgan fingerprint density at radius 2 is 2.27 bits per heavy atom. The molecule has 2 heteroatoms. The fraction of sp³-hybridized carbons (Fsp3) is 1.00. The van der Waals surface area contributed by atoms with Crippen LogP contribution in [0.2, 0.25) is 0 Å². The summed E-state index contributed by atoms with van der Waals surface area (Å²) in [6.07, 6.45) is 4.05. The molecule has 1 N–H and O–H groups in total. The van der Waals surface area contributed by atoms with Gasteiger partial charge in [0.05, 0.1) is 6.10 Å². The molecule has 1 aliphatic carbocycles. The zero-order chi connectivity index (χ0) is 8.27. The average Bonchev–Trinajstić information content (AvgIpc) is 2.50. The number of hydrogen-bond acceptors (Lipinski definition) is 2. The van der Waals surface area contributed by atoms with Gasteiger partial charge in [0.1, 0.15) is 0 Å². The van der Waals surface area contributed by atoms with Crippen molar-refractivity contribution in [2.45, 2.75) is 32.3 Å². The van der Waals surface area contributed by atoms with E-state index in [9.17, 15) is 0 Å². The van der Waals surface area contributed by atoms with E-state index in [4.69, 9.17) is 9.84 Å². The van der Waals surface area contributed by atoms with Gasteiger partial charge in [0.2, 0.25) is 0 Å². The molecule has 1 saturated carbocycles. The standard InChI is InChI=1S/C9H18O2/c1-7(6-10)8-4-3-5-9(8)11-2/h7-10H,3-6H2,1-2H3. The van der Waals surface area contributed by atoms with Crippen LogP contribution in [0.15, 0.2) is 0 Å². The van der Waals surface area contributed by atoms with Crippen molar-refractivity contribution < 1.29 is 9.84 Å². The number of rotatable bonds is 3. The molecule has 0 amide bonds. The van der Waals surface area contributed by atoms with Gasteiger partial charge < -0.3 is 9.84 Å². The molecule has 0 aromatic carbocycles. The first-order chi connectivity index (χ1) is 5.29. The Morgan fingerprint density at radius 1 is 1.55 bits per heavy atom. The monoisotopic (exact) mass is 158 g/mol.